The normalized spacial score (nSPS) is 12.3. The third-order valence-electron chi connectivity index (χ3n) is 5.75. The number of anilines is 1. The van der Waals surface area contributed by atoms with Crippen LogP contribution in [0.15, 0.2) is 66.5 Å². The lowest BCUT2D eigenvalue weighted by Gasteiger charge is -2.11. The molecule has 0 fully saturated rings. The molecule has 4 aromatic rings. The molecule has 1 aliphatic carbocycles. The number of halogens is 1. The van der Waals surface area contributed by atoms with Crippen LogP contribution >= 0.6 is 0 Å². The van der Waals surface area contributed by atoms with E-state index in [4.69, 9.17) is 10.5 Å². The standard InChI is InChI=1S/C26H21FN4O2.CH5NO2S/c1-15-5-3-4-6-23(15)33-24-9-16(2)22(14-29-24)31-26(28)21(13-30-31)25(32)19-10-17-7-8-20(27)12-18(17)11-19;1-5(2,3)4/h3-10,12-14H,11,28H2,1-2H3;1H3,(H2,2,3,4). The lowest BCUT2D eigenvalue weighted by atomic mass is 10.0. The third kappa shape index (κ3) is 6.13. The molecule has 0 saturated heterocycles. The van der Waals surface area contributed by atoms with E-state index in [1.807, 2.05) is 38.1 Å². The van der Waals surface area contributed by atoms with Crippen molar-refractivity contribution in [1.82, 2.24) is 14.8 Å². The van der Waals surface area contributed by atoms with Crippen molar-refractivity contribution in [3.05, 3.63) is 100 Å². The molecule has 9 nitrogen and oxygen atoms in total. The van der Waals surface area contributed by atoms with Gasteiger partial charge in [0.25, 0.3) is 0 Å². The van der Waals surface area contributed by atoms with Crippen molar-refractivity contribution in [1.29, 1.82) is 0 Å². The molecular weight excluding hydrogens is 509 g/mol. The number of sulfonamides is 1. The highest BCUT2D eigenvalue weighted by Gasteiger charge is 2.24. The van der Waals surface area contributed by atoms with E-state index >= 15 is 0 Å². The van der Waals surface area contributed by atoms with Gasteiger partial charge in [0.05, 0.1) is 29.9 Å². The number of carbonyl (C=O) groups is 1. The summed E-state index contributed by atoms with van der Waals surface area (Å²) in [7, 11) is -3.17. The number of Topliss-reactive ketones (excluding diaryl/α,β-unsaturated/α-hetero) is 1. The molecule has 196 valence electrons. The third-order valence-corrected chi connectivity index (χ3v) is 5.75. The second-order valence-corrected chi connectivity index (χ2v) is 10.5. The number of nitrogen functional groups attached to an aromatic ring is 1. The van der Waals surface area contributed by atoms with Crippen molar-refractivity contribution in [2.24, 2.45) is 5.14 Å². The first kappa shape index (κ1) is 26.7. The van der Waals surface area contributed by atoms with Gasteiger partial charge in [0.2, 0.25) is 15.9 Å². The van der Waals surface area contributed by atoms with E-state index in [1.165, 1.54) is 23.0 Å². The number of nitrogens with two attached hydrogens (primary N) is 2. The number of carbonyl (C=O) groups excluding carboxylic acids is 1. The van der Waals surface area contributed by atoms with Gasteiger partial charge in [-0.1, -0.05) is 24.3 Å². The summed E-state index contributed by atoms with van der Waals surface area (Å²) in [4.78, 5) is 17.5. The van der Waals surface area contributed by atoms with Crippen molar-refractivity contribution in [2.45, 2.75) is 20.3 Å². The molecule has 2 aromatic carbocycles. The maximum atomic E-state index is 13.5. The first-order valence-corrected chi connectivity index (χ1v) is 13.4. The van der Waals surface area contributed by atoms with E-state index in [9.17, 15) is 17.6 Å². The number of fused-ring (bicyclic) bond motifs is 1. The Labute approximate surface area is 219 Å². The Bertz CT molecular complexity index is 1670. The minimum atomic E-state index is -3.17. The molecule has 0 amide bonds. The summed E-state index contributed by atoms with van der Waals surface area (Å²) < 4.78 is 39.7. The van der Waals surface area contributed by atoms with Crippen LogP contribution in [0.1, 0.15) is 32.6 Å². The molecule has 11 heteroatoms. The maximum absolute atomic E-state index is 13.5. The largest absolute Gasteiger partial charge is 0.439 e. The number of benzene rings is 2. The summed E-state index contributed by atoms with van der Waals surface area (Å²) in [5, 5.41) is 8.66. The van der Waals surface area contributed by atoms with Crippen molar-refractivity contribution in [3.8, 4) is 17.3 Å². The summed E-state index contributed by atoms with van der Waals surface area (Å²) >= 11 is 0. The first-order chi connectivity index (χ1) is 17.9. The van der Waals surface area contributed by atoms with Gasteiger partial charge in [0.15, 0.2) is 5.78 Å². The van der Waals surface area contributed by atoms with Gasteiger partial charge in [-0.05, 0) is 60.4 Å². The monoisotopic (exact) mass is 535 g/mol. The van der Waals surface area contributed by atoms with Gasteiger partial charge >= 0.3 is 0 Å². The number of primary sulfonamides is 1. The van der Waals surface area contributed by atoms with Crippen LogP contribution in [0, 0.1) is 19.7 Å². The molecule has 0 saturated carbocycles. The Kier molecular flexibility index (Phi) is 7.42. The average Bonchev–Trinajstić information content (AvgIpc) is 3.42. The smallest absolute Gasteiger partial charge is 0.219 e. The quantitative estimate of drug-likeness (QED) is 0.366. The van der Waals surface area contributed by atoms with Crippen molar-refractivity contribution >= 4 is 27.7 Å². The Hall–Kier alpha value is -4.35. The SMILES string of the molecule is CS(N)(=O)=O.Cc1ccccc1Oc1cc(C)c(-n2ncc(C(=O)C3=Cc4ccc(F)cc4C3)c2N)cn1. The summed E-state index contributed by atoms with van der Waals surface area (Å²) in [6.45, 7) is 3.86. The molecule has 4 N–H and O–H groups in total. The minimum absolute atomic E-state index is 0.222. The van der Waals surface area contributed by atoms with Crippen LogP contribution in [-0.2, 0) is 16.4 Å². The predicted molar refractivity (Wildman–Crippen MR) is 143 cm³/mol. The minimum Gasteiger partial charge on any atom is -0.439 e. The molecule has 1 aliphatic rings. The van der Waals surface area contributed by atoms with Crippen LogP contribution in [0.5, 0.6) is 11.6 Å². The zero-order valence-electron chi connectivity index (χ0n) is 21.0. The molecule has 2 aromatic heterocycles. The second kappa shape index (κ2) is 10.6. The average molecular weight is 536 g/mol. The fraction of sp³-hybridized carbons (Fsp3) is 0.148. The van der Waals surface area contributed by atoms with E-state index in [0.29, 0.717) is 29.1 Å². The van der Waals surface area contributed by atoms with Gasteiger partial charge in [-0.15, -0.1) is 0 Å². The summed E-state index contributed by atoms with van der Waals surface area (Å²) in [6.07, 6.45) is 6.15. The molecular formula is C27H26FN5O4S. The highest BCUT2D eigenvalue weighted by Crippen LogP contribution is 2.31. The van der Waals surface area contributed by atoms with E-state index in [1.54, 1.807) is 24.4 Å². The van der Waals surface area contributed by atoms with E-state index in [0.717, 1.165) is 34.3 Å². The van der Waals surface area contributed by atoms with Crippen LogP contribution in [0.25, 0.3) is 11.8 Å². The lowest BCUT2D eigenvalue weighted by Crippen LogP contribution is -2.09. The van der Waals surface area contributed by atoms with Gasteiger partial charge in [-0.25, -0.2) is 27.6 Å². The fourth-order valence-electron chi connectivity index (χ4n) is 3.94. The first-order valence-electron chi connectivity index (χ1n) is 11.5. The van der Waals surface area contributed by atoms with Gasteiger partial charge in [-0.2, -0.15) is 5.10 Å². The number of nitrogens with zero attached hydrogens (tertiary/aromatic N) is 3. The highest BCUT2D eigenvalue weighted by molar-refractivity contribution is 7.88. The number of ether oxygens (including phenoxy) is 1. The molecule has 38 heavy (non-hydrogen) atoms. The maximum Gasteiger partial charge on any atom is 0.219 e. The Morgan fingerprint density at radius 1 is 1.08 bits per heavy atom. The molecule has 0 unspecified atom stereocenters. The van der Waals surface area contributed by atoms with E-state index in [2.05, 4.69) is 15.2 Å². The fourth-order valence-corrected chi connectivity index (χ4v) is 3.94. The second-order valence-electron chi connectivity index (χ2n) is 8.88. The molecule has 2 heterocycles. The van der Waals surface area contributed by atoms with E-state index < -0.39 is 10.0 Å². The number of rotatable bonds is 5. The Balaban J connectivity index is 0.000000617. The number of hydrogen-bond acceptors (Lipinski definition) is 7. The van der Waals surface area contributed by atoms with Crippen molar-refractivity contribution in [3.63, 3.8) is 0 Å². The van der Waals surface area contributed by atoms with Crippen LogP contribution in [0.4, 0.5) is 10.2 Å². The molecule has 0 spiro atoms. The van der Waals surface area contributed by atoms with Gasteiger partial charge in [-0.3, -0.25) is 4.79 Å². The number of pyridine rings is 1. The van der Waals surface area contributed by atoms with Gasteiger partial charge in [0, 0.05) is 18.1 Å². The van der Waals surface area contributed by atoms with Crippen molar-refractivity contribution < 1.29 is 22.3 Å². The number of ketones is 1. The van der Waals surface area contributed by atoms with Crippen LogP contribution in [0.2, 0.25) is 0 Å². The number of aryl methyl sites for hydroxylation is 2. The van der Waals surface area contributed by atoms with Crippen LogP contribution < -0.4 is 15.6 Å². The molecule has 5 rings (SSSR count). The summed E-state index contributed by atoms with van der Waals surface area (Å²) in [5.41, 5.74) is 11.3. The number of aromatic nitrogens is 3. The van der Waals surface area contributed by atoms with Crippen LogP contribution in [-0.4, -0.2) is 35.2 Å². The van der Waals surface area contributed by atoms with Gasteiger partial charge < -0.3 is 10.5 Å². The van der Waals surface area contributed by atoms with E-state index in [-0.39, 0.29) is 17.4 Å². The molecule has 0 aliphatic heterocycles. The summed E-state index contributed by atoms with van der Waals surface area (Å²) in [5.74, 6) is 0.866. The number of allylic oxidation sites excluding steroid dienone is 1. The highest BCUT2D eigenvalue weighted by atomic mass is 32.2. The van der Waals surface area contributed by atoms with Crippen molar-refractivity contribution in [2.75, 3.05) is 12.0 Å². The number of hydrogen-bond donors (Lipinski definition) is 2. The van der Waals surface area contributed by atoms with Crippen LogP contribution in [0.3, 0.4) is 0 Å². The molecule has 0 radical (unpaired) electrons. The zero-order valence-corrected chi connectivity index (χ0v) is 21.8. The summed E-state index contributed by atoms with van der Waals surface area (Å²) in [6, 6.07) is 14.0. The topological polar surface area (TPSA) is 143 Å². The number of para-hydroxylation sites is 1. The van der Waals surface area contributed by atoms with Gasteiger partial charge in [0.1, 0.15) is 17.4 Å². The zero-order chi connectivity index (χ0) is 27.6. The molecule has 0 bridgehead atoms. The Morgan fingerprint density at radius 2 is 1.79 bits per heavy atom. The molecule has 0 atom stereocenters. The predicted octanol–water partition coefficient (Wildman–Crippen LogP) is 4.12. The Morgan fingerprint density at radius 3 is 2.47 bits per heavy atom. The lowest BCUT2D eigenvalue weighted by molar-refractivity contribution is 0.103.